The van der Waals surface area contributed by atoms with E-state index in [2.05, 4.69) is 4.74 Å². The number of alkyl halides is 1. The van der Waals surface area contributed by atoms with Crippen LogP contribution in [0.5, 0.6) is 11.5 Å². The lowest BCUT2D eigenvalue weighted by Crippen LogP contribution is -2.02. The number of esters is 1. The third-order valence-corrected chi connectivity index (χ3v) is 1.87. The van der Waals surface area contributed by atoms with Crippen molar-refractivity contribution < 1.29 is 19.4 Å². The molecule has 0 aromatic heterocycles. The molecule has 0 aliphatic rings. The summed E-state index contributed by atoms with van der Waals surface area (Å²) in [5, 5.41) is 9.49. The topological polar surface area (TPSA) is 55.8 Å². The molecule has 0 aliphatic heterocycles. The average Bonchev–Trinajstić information content (AvgIpc) is 2.26. The molecule has 0 bridgehead atoms. The Bertz CT molecular complexity index is 351. The minimum absolute atomic E-state index is 0.108. The van der Waals surface area contributed by atoms with Gasteiger partial charge in [-0.1, -0.05) is 0 Å². The van der Waals surface area contributed by atoms with Gasteiger partial charge in [0.25, 0.3) is 0 Å². The molecule has 1 N–H and O–H groups in total. The van der Waals surface area contributed by atoms with E-state index in [1.54, 1.807) is 0 Å². The number of aromatic hydroxyl groups is 1. The molecule has 82 valence electrons. The van der Waals surface area contributed by atoms with Gasteiger partial charge in [0, 0.05) is 0 Å². The predicted molar refractivity (Wildman–Crippen MR) is 55.7 cm³/mol. The Kier molecular flexibility index (Phi) is 4.24. The van der Waals surface area contributed by atoms with Crippen molar-refractivity contribution >= 4 is 17.6 Å². The SMILES string of the molecule is COC(=O)c1ccc(OCCCl)c(O)c1. The molecule has 0 fully saturated rings. The number of benzene rings is 1. The molecule has 0 unspecified atom stereocenters. The molecule has 0 radical (unpaired) electrons. The standard InChI is InChI=1S/C10H11ClO4/c1-14-10(13)7-2-3-9(8(12)6-7)15-5-4-11/h2-3,6,12H,4-5H2,1H3. The van der Waals surface area contributed by atoms with Gasteiger partial charge in [-0.2, -0.15) is 0 Å². The highest BCUT2D eigenvalue weighted by molar-refractivity contribution is 6.18. The maximum Gasteiger partial charge on any atom is 0.337 e. The molecule has 0 atom stereocenters. The summed E-state index contributed by atoms with van der Waals surface area (Å²) in [6.45, 7) is 0.298. The Balaban J connectivity index is 2.83. The molecule has 0 heterocycles. The molecule has 4 nitrogen and oxygen atoms in total. The second-order valence-corrected chi connectivity index (χ2v) is 3.09. The molecule has 1 aromatic carbocycles. The molecule has 15 heavy (non-hydrogen) atoms. The van der Waals surface area contributed by atoms with Gasteiger partial charge >= 0.3 is 5.97 Å². The van der Waals surface area contributed by atoms with Crippen molar-refractivity contribution in [1.82, 2.24) is 0 Å². The number of hydrogen-bond acceptors (Lipinski definition) is 4. The lowest BCUT2D eigenvalue weighted by atomic mass is 10.2. The normalized spacial score (nSPS) is 9.73. The zero-order chi connectivity index (χ0) is 11.3. The van der Waals surface area contributed by atoms with Crippen LogP contribution in [0.3, 0.4) is 0 Å². The smallest absolute Gasteiger partial charge is 0.337 e. The van der Waals surface area contributed by atoms with E-state index in [9.17, 15) is 9.90 Å². The zero-order valence-corrected chi connectivity index (χ0v) is 8.95. The monoisotopic (exact) mass is 230 g/mol. The van der Waals surface area contributed by atoms with Crippen LogP contribution >= 0.6 is 11.6 Å². The van der Waals surface area contributed by atoms with Crippen molar-refractivity contribution in [3.05, 3.63) is 23.8 Å². The van der Waals surface area contributed by atoms with Crippen LogP contribution in [-0.4, -0.2) is 30.7 Å². The Morgan fingerprint density at radius 1 is 1.53 bits per heavy atom. The molecule has 0 saturated carbocycles. The molecule has 1 rings (SSSR count). The Labute approximate surface area is 92.4 Å². The van der Waals surface area contributed by atoms with E-state index in [1.807, 2.05) is 0 Å². The van der Waals surface area contributed by atoms with Crippen LogP contribution in [0.25, 0.3) is 0 Å². The molecule has 0 saturated heterocycles. The van der Waals surface area contributed by atoms with Crippen molar-refractivity contribution in [3.8, 4) is 11.5 Å². The Morgan fingerprint density at radius 2 is 2.27 bits per heavy atom. The summed E-state index contributed by atoms with van der Waals surface area (Å²) in [7, 11) is 1.28. The van der Waals surface area contributed by atoms with Gasteiger partial charge in [-0.25, -0.2) is 4.79 Å². The second kappa shape index (κ2) is 5.46. The number of phenolic OH excluding ortho intramolecular Hbond substituents is 1. The van der Waals surface area contributed by atoms with Crippen LogP contribution in [0.1, 0.15) is 10.4 Å². The van der Waals surface area contributed by atoms with Crippen LogP contribution in [0.15, 0.2) is 18.2 Å². The van der Waals surface area contributed by atoms with Gasteiger partial charge in [0.2, 0.25) is 0 Å². The summed E-state index contributed by atoms with van der Waals surface area (Å²) in [5.74, 6) is 0.0126. The third-order valence-electron chi connectivity index (χ3n) is 1.71. The number of carbonyl (C=O) groups excluding carboxylic acids is 1. The fourth-order valence-electron chi connectivity index (χ4n) is 1.03. The van der Waals surface area contributed by atoms with Gasteiger partial charge in [0.1, 0.15) is 6.61 Å². The first-order valence-corrected chi connectivity index (χ1v) is 4.82. The van der Waals surface area contributed by atoms with Gasteiger partial charge in [0.15, 0.2) is 11.5 Å². The number of carbonyl (C=O) groups is 1. The van der Waals surface area contributed by atoms with E-state index in [0.717, 1.165) is 0 Å². The van der Waals surface area contributed by atoms with Gasteiger partial charge in [-0.05, 0) is 18.2 Å². The van der Waals surface area contributed by atoms with Crippen LogP contribution < -0.4 is 4.74 Å². The first-order chi connectivity index (χ1) is 7.19. The lowest BCUT2D eigenvalue weighted by Gasteiger charge is -2.07. The Hall–Kier alpha value is -1.42. The van der Waals surface area contributed by atoms with Crippen LogP contribution in [0.2, 0.25) is 0 Å². The number of phenols is 1. The summed E-state index contributed by atoms with van der Waals surface area (Å²) in [6.07, 6.45) is 0. The van der Waals surface area contributed by atoms with Crippen molar-refractivity contribution in [2.45, 2.75) is 0 Å². The first-order valence-electron chi connectivity index (χ1n) is 4.29. The van der Waals surface area contributed by atoms with Gasteiger partial charge in [-0.3, -0.25) is 0 Å². The molecule has 0 aliphatic carbocycles. The minimum Gasteiger partial charge on any atom is -0.504 e. The van der Waals surface area contributed by atoms with Crippen LogP contribution in [-0.2, 0) is 4.74 Å². The third kappa shape index (κ3) is 3.02. The fourth-order valence-corrected chi connectivity index (χ4v) is 1.11. The maximum atomic E-state index is 11.1. The van der Waals surface area contributed by atoms with E-state index >= 15 is 0 Å². The fraction of sp³-hybridized carbons (Fsp3) is 0.300. The molecule has 0 amide bonds. The largest absolute Gasteiger partial charge is 0.504 e. The summed E-state index contributed by atoms with van der Waals surface area (Å²) >= 11 is 5.43. The molecular weight excluding hydrogens is 220 g/mol. The molecule has 0 spiro atoms. The predicted octanol–water partition coefficient (Wildman–Crippen LogP) is 1.80. The molecular formula is C10H11ClO4. The molecule has 1 aromatic rings. The van der Waals surface area contributed by atoms with Crippen molar-refractivity contribution in [2.24, 2.45) is 0 Å². The van der Waals surface area contributed by atoms with Gasteiger partial charge < -0.3 is 14.6 Å². The summed E-state index contributed by atoms with van der Waals surface area (Å²) < 4.78 is 9.62. The summed E-state index contributed by atoms with van der Waals surface area (Å²) in [4.78, 5) is 11.1. The zero-order valence-electron chi connectivity index (χ0n) is 8.20. The van der Waals surface area contributed by atoms with E-state index < -0.39 is 5.97 Å². The second-order valence-electron chi connectivity index (χ2n) is 2.71. The van der Waals surface area contributed by atoms with E-state index in [4.69, 9.17) is 16.3 Å². The average molecular weight is 231 g/mol. The number of hydrogen-bond donors (Lipinski definition) is 1. The molecule has 5 heteroatoms. The van der Waals surface area contributed by atoms with Crippen LogP contribution in [0, 0.1) is 0 Å². The highest BCUT2D eigenvalue weighted by atomic mass is 35.5. The number of halogens is 1. The summed E-state index contributed by atoms with van der Waals surface area (Å²) in [6, 6.07) is 4.29. The van der Waals surface area contributed by atoms with E-state index in [-0.39, 0.29) is 11.3 Å². The van der Waals surface area contributed by atoms with Crippen LogP contribution in [0.4, 0.5) is 0 Å². The quantitative estimate of drug-likeness (QED) is 0.633. The lowest BCUT2D eigenvalue weighted by molar-refractivity contribution is 0.0600. The number of ether oxygens (including phenoxy) is 2. The number of rotatable bonds is 4. The maximum absolute atomic E-state index is 11.1. The Morgan fingerprint density at radius 3 is 2.80 bits per heavy atom. The van der Waals surface area contributed by atoms with Gasteiger partial charge in [0.05, 0.1) is 18.6 Å². The van der Waals surface area contributed by atoms with E-state index in [1.165, 1.54) is 25.3 Å². The van der Waals surface area contributed by atoms with Crippen molar-refractivity contribution in [3.63, 3.8) is 0 Å². The van der Waals surface area contributed by atoms with Gasteiger partial charge in [-0.15, -0.1) is 11.6 Å². The van der Waals surface area contributed by atoms with Crippen molar-refractivity contribution in [1.29, 1.82) is 0 Å². The van der Waals surface area contributed by atoms with E-state index in [0.29, 0.717) is 18.2 Å². The summed E-state index contributed by atoms with van der Waals surface area (Å²) in [5.41, 5.74) is 0.272. The highest BCUT2D eigenvalue weighted by Gasteiger charge is 2.09. The minimum atomic E-state index is -0.505. The van der Waals surface area contributed by atoms with Crippen molar-refractivity contribution in [2.75, 3.05) is 19.6 Å². The first kappa shape index (κ1) is 11.7. The highest BCUT2D eigenvalue weighted by Crippen LogP contribution is 2.26. The number of methoxy groups -OCH3 is 1.